The molecule has 0 bridgehead atoms. The van der Waals surface area contributed by atoms with Gasteiger partial charge in [-0.15, -0.1) is 11.3 Å². The smallest absolute Gasteiger partial charge is 0.270 e. The Morgan fingerprint density at radius 2 is 2.21 bits per heavy atom. The molecule has 2 N–H and O–H groups in total. The average molecular weight is 275 g/mol. The van der Waals surface area contributed by atoms with E-state index in [0.717, 1.165) is 12.4 Å². The van der Waals surface area contributed by atoms with E-state index < -0.39 is 0 Å². The molecule has 0 atom stereocenters. The largest absolute Gasteiger partial charge is 0.370 e. The van der Waals surface area contributed by atoms with Gasteiger partial charge >= 0.3 is 0 Å². The second-order valence-corrected chi connectivity index (χ2v) is 5.15. The summed E-state index contributed by atoms with van der Waals surface area (Å²) in [5.74, 6) is 0.579. The van der Waals surface area contributed by atoms with E-state index in [1.54, 1.807) is 17.4 Å². The molecule has 0 saturated carbocycles. The van der Waals surface area contributed by atoms with E-state index in [-0.39, 0.29) is 5.91 Å². The van der Waals surface area contributed by atoms with Crippen molar-refractivity contribution < 1.29 is 4.79 Å². The lowest BCUT2D eigenvalue weighted by Gasteiger charge is -2.06. The third kappa shape index (κ3) is 3.54. The number of rotatable bonds is 5. The van der Waals surface area contributed by atoms with Gasteiger partial charge in [0.2, 0.25) is 0 Å². The number of nitrogens with zero attached hydrogens (tertiary/aromatic N) is 1. The van der Waals surface area contributed by atoms with Crippen molar-refractivity contribution in [3.05, 3.63) is 45.8 Å². The number of aromatic nitrogens is 1. The Bertz CT molecular complexity index is 565. The lowest BCUT2D eigenvalue weighted by atomic mass is 10.3. The molecule has 0 saturated heterocycles. The van der Waals surface area contributed by atoms with Gasteiger partial charge in [0.25, 0.3) is 5.91 Å². The first-order valence-corrected chi connectivity index (χ1v) is 7.10. The van der Waals surface area contributed by atoms with E-state index in [1.165, 1.54) is 10.4 Å². The number of carbonyl (C=O) groups is 1. The molecule has 2 heterocycles. The number of nitrogens with one attached hydrogen (secondary N) is 2. The van der Waals surface area contributed by atoms with Crippen LogP contribution in [0.25, 0.3) is 0 Å². The summed E-state index contributed by atoms with van der Waals surface area (Å²) in [6.07, 6.45) is 0. The fraction of sp³-hybridized carbons (Fsp3) is 0.286. The molecule has 2 aromatic rings. The first kappa shape index (κ1) is 13.5. The van der Waals surface area contributed by atoms with Gasteiger partial charge < -0.3 is 10.6 Å². The molecular weight excluding hydrogens is 258 g/mol. The maximum atomic E-state index is 12.0. The van der Waals surface area contributed by atoms with Crippen LogP contribution in [0.2, 0.25) is 0 Å². The molecule has 5 heteroatoms. The Hall–Kier alpha value is -1.88. The zero-order valence-electron chi connectivity index (χ0n) is 11.1. The zero-order valence-corrected chi connectivity index (χ0v) is 11.9. The van der Waals surface area contributed by atoms with E-state index in [0.29, 0.717) is 12.2 Å². The van der Waals surface area contributed by atoms with Crippen molar-refractivity contribution in [1.82, 2.24) is 10.3 Å². The molecule has 0 fully saturated rings. The first-order chi connectivity index (χ1) is 9.20. The highest BCUT2D eigenvalue weighted by Gasteiger charge is 2.08. The molecule has 0 aliphatic rings. The molecule has 2 aromatic heterocycles. The minimum atomic E-state index is -0.146. The van der Waals surface area contributed by atoms with Gasteiger partial charge in [-0.2, -0.15) is 0 Å². The number of hydrogen-bond acceptors (Lipinski definition) is 4. The lowest BCUT2D eigenvalue weighted by molar-refractivity contribution is 0.0946. The standard InChI is InChI=1S/C14H17N3OS/c1-3-15-13-6-4-5-11(17-13)14(18)16-9-12-10(2)7-8-19-12/h4-8H,3,9H2,1-2H3,(H,15,17)(H,16,18). The van der Waals surface area contributed by atoms with E-state index >= 15 is 0 Å². The van der Waals surface area contributed by atoms with Crippen LogP contribution >= 0.6 is 11.3 Å². The summed E-state index contributed by atoms with van der Waals surface area (Å²) in [6.45, 7) is 5.37. The minimum absolute atomic E-state index is 0.146. The summed E-state index contributed by atoms with van der Waals surface area (Å²) in [5, 5.41) is 8.01. The normalized spacial score (nSPS) is 10.2. The highest BCUT2D eigenvalue weighted by molar-refractivity contribution is 7.10. The molecule has 4 nitrogen and oxygen atoms in total. The van der Waals surface area contributed by atoms with Crippen molar-refractivity contribution in [1.29, 1.82) is 0 Å². The number of amides is 1. The van der Waals surface area contributed by atoms with Crippen LogP contribution in [0.3, 0.4) is 0 Å². The summed E-state index contributed by atoms with van der Waals surface area (Å²) in [7, 11) is 0. The van der Waals surface area contributed by atoms with Crippen molar-refractivity contribution in [3.63, 3.8) is 0 Å². The number of hydrogen-bond donors (Lipinski definition) is 2. The van der Waals surface area contributed by atoms with Crippen LogP contribution in [0.15, 0.2) is 29.6 Å². The number of aryl methyl sites for hydroxylation is 1. The average Bonchev–Trinajstić information content (AvgIpc) is 2.82. The Morgan fingerprint density at radius 1 is 1.37 bits per heavy atom. The van der Waals surface area contributed by atoms with Crippen LogP contribution in [0.1, 0.15) is 27.9 Å². The zero-order chi connectivity index (χ0) is 13.7. The number of carbonyl (C=O) groups excluding carboxylic acids is 1. The molecule has 0 aliphatic heterocycles. The molecule has 0 radical (unpaired) electrons. The van der Waals surface area contributed by atoms with Crippen molar-refractivity contribution in [3.8, 4) is 0 Å². The molecule has 0 aliphatic carbocycles. The maximum Gasteiger partial charge on any atom is 0.270 e. The Morgan fingerprint density at radius 3 is 2.89 bits per heavy atom. The summed E-state index contributed by atoms with van der Waals surface area (Å²) >= 11 is 1.65. The van der Waals surface area contributed by atoms with Crippen molar-refractivity contribution in [2.75, 3.05) is 11.9 Å². The summed E-state index contributed by atoms with van der Waals surface area (Å²) in [5.41, 5.74) is 1.65. The summed E-state index contributed by atoms with van der Waals surface area (Å²) in [4.78, 5) is 17.5. The molecule has 100 valence electrons. The third-order valence-corrected chi connectivity index (χ3v) is 3.74. The predicted molar refractivity (Wildman–Crippen MR) is 78.6 cm³/mol. The molecule has 2 rings (SSSR count). The highest BCUT2D eigenvalue weighted by Crippen LogP contribution is 2.15. The fourth-order valence-electron chi connectivity index (χ4n) is 1.68. The number of thiophene rings is 1. The first-order valence-electron chi connectivity index (χ1n) is 6.22. The molecule has 0 unspecified atom stereocenters. The molecule has 19 heavy (non-hydrogen) atoms. The SMILES string of the molecule is CCNc1cccc(C(=O)NCc2sccc2C)n1. The van der Waals surface area contributed by atoms with E-state index in [1.807, 2.05) is 31.4 Å². The van der Waals surface area contributed by atoms with Gasteiger partial charge in [-0.1, -0.05) is 6.07 Å². The van der Waals surface area contributed by atoms with Crippen molar-refractivity contribution in [2.24, 2.45) is 0 Å². The Balaban J connectivity index is 2.00. The van der Waals surface area contributed by atoms with E-state index in [9.17, 15) is 4.79 Å². The minimum Gasteiger partial charge on any atom is -0.370 e. The van der Waals surface area contributed by atoms with Crippen LogP contribution in [0.5, 0.6) is 0 Å². The lowest BCUT2D eigenvalue weighted by Crippen LogP contribution is -2.23. The van der Waals surface area contributed by atoms with Gasteiger partial charge in [0.1, 0.15) is 11.5 Å². The topological polar surface area (TPSA) is 54.0 Å². The fourth-order valence-corrected chi connectivity index (χ4v) is 2.52. The van der Waals surface area contributed by atoms with Crippen LogP contribution in [0, 0.1) is 6.92 Å². The van der Waals surface area contributed by atoms with E-state index in [4.69, 9.17) is 0 Å². The summed E-state index contributed by atoms with van der Waals surface area (Å²) in [6, 6.07) is 7.45. The monoisotopic (exact) mass is 275 g/mol. The van der Waals surface area contributed by atoms with E-state index in [2.05, 4.69) is 21.7 Å². The van der Waals surface area contributed by atoms with Crippen molar-refractivity contribution >= 4 is 23.1 Å². The highest BCUT2D eigenvalue weighted by atomic mass is 32.1. The van der Waals surface area contributed by atoms with Crippen LogP contribution in [0.4, 0.5) is 5.82 Å². The number of pyridine rings is 1. The molecule has 0 spiro atoms. The van der Waals surface area contributed by atoms with Crippen LogP contribution in [-0.4, -0.2) is 17.4 Å². The Kier molecular flexibility index (Phi) is 4.52. The van der Waals surface area contributed by atoms with Crippen LogP contribution in [-0.2, 0) is 6.54 Å². The van der Waals surface area contributed by atoms with Gasteiger partial charge in [-0.3, -0.25) is 4.79 Å². The second-order valence-electron chi connectivity index (χ2n) is 4.15. The van der Waals surface area contributed by atoms with Gasteiger partial charge in [0.05, 0.1) is 6.54 Å². The molecular formula is C14H17N3OS. The molecule has 0 aromatic carbocycles. The number of anilines is 1. The van der Waals surface area contributed by atoms with Gasteiger partial charge in [-0.05, 0) is 43.0 Å². The summed E-state index contributed by atoms with van der Waals surface area (Å²) < 4.78 is 0. The third-order valence-electron chi connectivity index (χ3n) is 2.72. The van der Waals surface area contributed by atoms with Gasteiger partial charge in [-0.25, -0.2) is 4.98 Å². The molecule has 1 amide bonds. The Labute approximate surface area is 116 Å². The van der Waals surface area contributed by atoms with Crippen molar-refractivity contribution in [2.45, 2.75) is 20.4 Å². The van der Waals surface area contributed by atoms with Gasteiger partial charge in [0, 0.05) is 11.4 Å². The van der Waals surface area contributed by atoms with Gasteiger partial charge in [0.15, 0.2) is 0 Å². The quantitative estimate of drug-likeness (QED) is 0.882. The van der Waals surface area contributed by atoms with Crippen LogP contribution < -0.4 is 10.6 Å². The predicted octanol–water partition coefficient (Wildman–Crippen LogP) is 2.81. The maximum absolute atomic E-state index is 12.0. The second kappa shape index (κ2) is 6.33.